The van der Waals surface area contributed by atoms with Gasteiger partial charge in [-0.15, -0.1) is 0 Å². The zero-order valence-corrected chi connectivity index (χ0v) is 25.8. The minimum atomic E-state index is -5.03. The van der Waals surface area contributed by atoms with Crippen LogP contribution in [0.25, 0.3) is 22.2 Å². The molecule has 0 spiro atoms. The lowest BCUT2D eigenvalue weighted by molar-refractivity contribution is -0.189. The van der Waals surface area contributed by atoms with E-state index in [2.05, 4.69) is 33.5 Å². The van der Waals surface area contributed by atoms with Crippen LogP contribution >= 0.6 is 0 Å². The minimum absolute atomic E-state index is 0.160. The van der Waals surface area contributed by atoms with Gasteiger partial charge in [-0.3, -0.25) is 0 Å². The molecule has 256 valence electrons. The lowest BCUT2D eigenvalue weighted by Gasteiger charge is -2.20. The predicted octanol–water partition coefficient (Wildman–Crippen LogP) is 10.2. The summed E-state index contributed by atoms with van der Waals surface area (Å²) in [6, 6.07) is 7.67. The Hall–Kier alpha value is -5.56. The molecule has 0 unspecified atom stereocenters. The zero-order chi connectivity index (χ0) is 36.2. The molecule has 0 aliphatic carbocycles. The largest absolute Gasteiger partial charge is 0.458 e. The van der Waals surface area contributed by atoms with Crippen LogP contribution in [-0.4, -0.2) is 16.1 Å². The molecule has 50 heavy (non-hydrogen) atoms. The summed E-state index contributed by atoms with van der Waals surface area (Å²) in [6.07, 6.45) is -2.43. The lowest BCUT2D eigenvalue weighted by Crippen LogP contribution is -2.25. The molecule has 5 aromatic rings. The quantitative estimate of drug-likeness (QED) is 0.0919. The molecule has 0 saturated heterocycles. The Balaban J connectivity index is 1.34. The van der Waals surface area contributed by atoms with Crippen molar-refractivity contribution in [1.82, 2.24) is 9.97 Å². The summed E-state index contributed by atoms with van der Waals surface area (Å²) in [5.74, 6) is -1.03. The summed E-state index contributed by atoms with van der Waals surface area (Å²) < 4.78 is 145. The van der Waals surface area contributed by atoms with E-state index in [-0.39, 0.29) is 11.4 Å². The number of ether oxygens (including phenoxy) is 1. The topological polar surface area (TPSA) is 35.0 Å². The van der Waals surface area contributed by atoms with Crippen LogP contribution in [0.2, 0.25) is 0 Å². The highest BCUT2D eigenvalue weighted by molar-refractivity contribution is 5.86. The van der Waals surface area contributed by atoms with Crippen LogP contribution in [0, 0.1) is 52.8 Å². The zero-order valence-electron chi connectivity index (χ0n) is 25.8. The van der Waals surface area contributed by atoms with E-state index in [1.807, 2.05) is 0 Å². The summed E-state index contributed by atoms with van der Waals surface area (Å²) in [5, 5.41) is -0.902. The summed E-state index contributed by atoms with van der Waals surface area (Å²) in [7, 11) is 0. The van der Waals surface area contributed by atoms with Gasteiger partial charge in [0.15, 0.2) is 5.82 Å². The van der Waals surface area contributed by atoms with Crippen molar-refractivity contribution >= 4 is 10.8 Å². The summed E-state index contributed by atoms with van der Waals surface area (Å²) >= 11 is 0. The number of hydrogen-bond acceptors (Lipinski definition) is 3. The van der Waals surface area contributed by atoms with Crippen molar-refractivity contribution < 1.29 is 48.6 Å². The van der Waals surface area contributed by atoms with Gasteiger partial charge in [-0.05, 0) is 78.4 Å². The van der Waals surface area contributed by atoms with Crippen LogP contribution in [0.5, 0.6) is 5.75 Å². The molecular weight excluding hydrogens is 678 g/mol. The van der Waals surface area contributed by atoms with Gasteiger partial charge in [0.1, 0.15) is 40.4 Å². The third-order valence-corrected chi connectivity index (χ3v) is 7.25. The van der Waals surface area contributed by atoms with Crippen molar-refractivity contribution in [2.75, 3.05) is 0 Å². The van der Waals surface area contributed by atoms with Crippen molar-refractivity contribution in [3.8, 4) is 40.8 Å². The van der Waals surface area contributed by atoms with Gasteiger partial charge in [-0.25, -0.2) is 31.9 Å². The van der Waals surface area contributed by atoms with Gasteiger partial charge in [-0.2, -0.15) is 22.0 Å². The Labute approximate surface area is 279 Å². The van der Waals surface area contributed by atoms with E-state index in [0.29, 0.717) is 29.8 Å². The highest BCUT2D eigenvalue weighted by atomic mass is 19.4. The van der Waals surface area contributed by atoms with Crippen LogP contribution in [-0.2, 0) is 12.5 Å². The van der Waals surface area contributed by atoms with Gasteiger partial charge in [0, 0.05) is 34.8 Å². The Kier molecular flexibility index (Phi) is 10.4. The molecule has 0 saturated carbocycles. The second-order valence-corrected chi connectivity index (χ2v) is 10.9. The van der Waals surface area contributed by atoms with Crippen LogP contribution in [0.4, 0.5) is 43.9 Å². The van der Waals surface area contributed by atoms with Gasteiger partial charge < -0.3 is 4.74 Å². The van der Waals surface area contributed by atoms with Crippen molar-refractivity contribution in [1.29, 1.82) is 0 Å². The molecule has 5 rings (SSSR count). The third kappa shape index (κ3) is 8.35. The molecule has 13 heteroatoms. The molecule has 1 heterocycles. The number of nitrogens with zero attached hydrogens (tertiary/aromatic N) is 2. The van der Waals surface area contributed by atoms with E-state index in [9.17, 15) is 35.1 Å². The molecule has 0 bridgehead atoms. The van der Waals surface area contributed by atoms with Crippen molar-refractivity contribution in [3.63, 3.8) is 0 Å². The fourth-order valence-electron chi connectivity index (χ4n) is 4.85. The number of rotatable bonds is 8. The molecule has 4 aromatic carbocycles. The number of aryl methyl sites for hydroxylation is 1. The average Bonchev–Trinajstić information content (AvgIpc) is 3.03. The second-order valence-electron chi connectivity index (χ2n) is 10.9. The normalized spacial score (nSPS) is 11.5. The first-order valence-corrected chi connectivity index (χ1v) is 14.9. The minimum Gasteiger partial charge on any atom is -0.429 e. The maximum atomic E-state index is 15.0. The summed E-state index contributed by atoms with van der Waals surface area (Å²) in [4.78, 5) is 8.54. The van der Waals surface area contributed by atoms with E-state index in [1.165, 1.54) is 18.1 Å². The van der Waals surface area contributed by atoms with E-state index in [0.717, 1.165) is 55.4 Å². The van der Waals surface area contributed by atoms with E-state index >= 15 is 8.78 Å². The van der Waals surface area contributed by atoms with Gasteiger partial charge in [0.2, 0.25) is 0 Å². The van der Waals surface area contributed by atoms with Crippen LogP contribution < -0.4 is 4.74 Å². The van der Waals surface area contributed by atoms with Crippen LogP contribution in [0.15, 0.2) is 67.0 Å². The molecule has 0 N–H and O–H groups in total. The number of unbranched alkanes of at least 4 members (excludes halogenated alkanes) is 2. The average molecular weight is 701 g/mol. The maximum Gasteiger partial charge on any atom is 0.458 e. The monoisotopic (exact) mass is 700 g/mol. The summed E-state index contributed by atoms with van der Waals surface area (Å²) in [5.41, 5.74) is -2.28. The molecule has 3 nitrogen and oxygen atoms in total. The van der Waals surface area contributed by atoms with Gasteiger partial charge in [0.05, 0.1) is 11.1 Å². The number of hydrogen-bond donors (Lipinski definition) is 0. The Morgan fingerprint density at radius 2 is 1.42 bits per heavy atom. The van der Waals surface area contributed by atoms with Gasteiger partial charge >= 0.3 is 12.3 Å². The highest BCUT2D eigenvalue weighted by Gasteiger charge is 2.41. The molecule has 1 aromatic heterocycles. The molecule has 0 fully saturated rings. The van der Waals surface area contributed by atoms with E-state index in [4.69, 9.17) is 0 Å². The highest BCUT2D eigenvalue weighted by Crippen LogP contribution is 2.37. The number of aromatic nitrogens is 2. The van der Waals surface area contributed by atoms with Crippen molar-refractivity contribution in [2.24, 2.45) is 0 Å². The van der Waals surface area contributed by atoms with E-state index in [1.54, 1.807) is 12.4 Å². The summed E-state index contributed by atoms with van der Waals surface area (Å²) in [6.45, 7) is 2.09. The van der Waals surface area contributed by atoms with Crippen molar-refractivity contribution in [2.45, 2.75) is 44.9 Å². The van der Waals surface area contributed by atoms with Crippen molar-refractivity contribution in [3.05, 3.63) is 124 Å². The van der Waals surface area contributed by atoms with Gasteiger partial charge in [0.25, 0.3) is 0 Å². The third-order valence-electron chi connectivity index (χ3n) is 7.25. The standard InChI is InChI=1S/C37H22F10N2O/c1-2-3-4-5-22-19-48-35(49-20-22)24-9-8-23(29(38)17-24)7-6-21-14-31(40)33(32(41)15-21)37(46,47)50-26-10-11-27-25(16-26)18-30(39)28(34(27)42)12-13-36(43,44)45/h8-11,14-20H,2-5H2,1H3. The van der Waals surface area contributed by atoms with Crippen LogP contribution in [0.3, 0.4) is 0 Å². The maximum absolute atomic E-state index is 15.0. The second kappa shape index (κ2) is 14.5. The molecule has 0 aliphatic rings. The smallest absolute Gasteiger partial charge is 0.429 e. The molecular formula is C37H22F10N2O. The van der Waals surface area contributed by atoms with Gasteiger partial charge in [-0.1, -0.05) is 37.5 Å². The number of alkyl halides is 5. The number of benzene rings is 4. The Morgan fingerprint density at radius 1 is 0.720 bits per heavy atom. The number of fused-ring (bicyclic) bond motifs is 1. The fourth-order valence-corrected chi connectivity index (χ4v) is 4.85. The predicted molar refractivity (Wildman–Crippen MR) is 164 cm³/mol. The SMILES string of the molecule is CCCCCc1cnc(-c2ccc(C#Cc3cc(F)c(C(F)(F)Oc4ccc5c(F)c(C#CC(F)(F)F)c(F)cc5c4)c(F)c3)c(F)c2)nc1. The first-order chi connectivity index (χ1) is 23.6. The molecule has 0 atom stereocenters. The number of halogens is 10. The molecule has 0 amide bonds. The first-order valence-electron chi connectivity index (χ1n) is 14.9. The van der Waals surface area contributed by atoms with E-state index < -0.39 is 74.6 Å². The Morgan fingerprint density at radius 3 is 2.06 bits per heavy atom. The fraction of sp³-hybridized carbons (Fsp3) is 0.189. The Bertz CT molecular complexity index is 2170. The lowest BCUT2D eigenvalue weighted by atomic mass is 10.0. The molecule has 0 aliphatic heterocycles. The first kappa shape index (κ1) is 35.7. The van der Waals surface area contributed by atoms with Crippen LogP contribution in [0.1, 0.15) is 54.0 Å². The molecule has 0 radical (unpaired) electrons.